The monoisotopic (exact) mass is 333 g/mol. The molecule has 0 aliphatic heterocycles. The van der Waals surface area contributed by atoms with Gasteiger partial charge in [-0.25, -0.2) is 4.98 Å². The van der Waals surface area contributed by atoms with Crippen LogP contribution < -0.4 is 5.73 Å². The molecule has 0 bridgehead atoms. The molecule has 19 heavy (non-hydrogen) atoms. The third-order valence-electron chi connectivity index (χ3n) is 2.62. The van der Waals surface area contributed by atoms with Crippen LogP contribution in [0.2, 0.25) is 0 Å². The molecule has 0 fully saturated rings. The fourth-order valence-electron chi connectivity index (χ4n) is 1.73. The smallest absolute Gasteiger partial charge is 0.323 e. The lowest BCUT2D eigenvalue weighted by Crippen LogP contribution is -2.12. The first-order valence-corrected chi connectivity index (χ1v) is 6.24. The summed E-state index contributed by atoms with van der Waals surface area (Å²) in [5.74, 6) is 0. The van der Waals surface area contributed by atoms with Gasteiger partial charge in [0.2, 0.25) is 0 Å². The Bertz CT molecular complexity index is 590. The van der Waals surface area contributed by atoms with Gasteiger partial charge in [-0.3, -0.25) is 0 Å². The molecule has 0 saturated carbocycles. The topological polar surface area (TPSA) is 43.8 Å². The quantitative estimate of drug-likeness (QED) is 0.911. The number of halogens is 4. The van der Waals surface area contributed by atoms with E-state index in [1.165, 1.54) is 6.33 Å². The molecule has 1 aromatic heterocycles. The van der Waals surface area contributed by atoms with E-state index in [-0.39, 0.29) is 6.04 Å². The van der Waals surface area contributed by atoms with E-state index >= 15 is 0 Å². The highest BCUT2D eigenvalue weighted by molar-refractivity contribution is 9.10. The average Bonchev–Trinajstić information content (AvgIpc) is 2.75. The van der Waals surface area contributed by atoms with Crippen molar-refractivity contribution >= 4 is 15.9 Å². The summed E-state index contributed by atoms with van der Waals surface area (Å²) in [5, 5.41) is 0. The Kier molecular flexibility index (Phi) is 3.69. The Labute approximate surface area is 116 Å². The number of aromatic nitrogens is 2. The summed E-state index contributed by atoms with van der Waals surface area (Å²) in [7, 11) is 0. The highest BCUT2D eigenvalue weighted by Crippen LogP contribution is 2.33. The minimum Gasteiger partial charge on any atom is -0.323 e. The first-order chi connectivity index (χ1) is 8.79. The van der Waals surface area contributed by atoms with E-state index in [0.29, 0.717) is 15.9 Å². The zero-order chi connectivity index (χ0) is 14.2. The van der Waals surface area contributed by atoms with Gasteiger partial charge in [0, 0.05) is 16.2 Å². The van der Waals surface area contributed by atoms with Crippen molar-refractivity contribution in [1.82, 2.24) is 9.55 Å². The predicted octanol–water partition coefficient (Wildman–Crippen LogP) is 3.67. The van der Waals surface area contributed by atoms with E-state index in [4.69, 9.17) is 5.73 Å². The van der Waals surface area contributed by atoms with Crippen LogP contribution in [0.5, 0.6) is 0 Å². The van der Waals surface area contributed by atoms with E-state index in [1.54, 1.807) is 23.8 Å². The maximum absolute atomic E-state index is 12.8. The van der Waals surface area contributed by atoms with E-state index in [1.807, 2.05) is 0 Å². The van der Waals surface area contributed by atoms with Crippen LogP contribution in [-0.4, -0.2) is 9.55 Å². The molecule has 1 atom stereocenters. The first-order valence-electron chi connectivity index (χ1n) is 5.45. The van der Waals surface area contributed by atoms with Crippen molar-refractivity contribution in [1.29, 1.82) is 0 Å². The molecule has 0 aliphatic rings. The van der Waals surface area contributed by atoms with Crippen molar-refractivity contribution in [2.75, 3.05) is 0 Å². The minimum absolute atomic E-state index is 0.323. The van der Waals surface area contributed by atoms with Gasteiger partial charge in [0.05, 0.1) is 23.8 Å². The Balaban J connectivity index is 2.57. The van der Waals surface area contributed by atoms with Gasteiger partial charge in [0.15, 0.2) is 0 Å². The maximum atomic E-state index is 12.8. The molecule has 0 spiro atoms. The molecule has 0 saturated heterocycles. The van der Waals surface area contributed by atoms with Gasteiger partial charge >= 0.3 is 6.18 Å². The molecular weight excluding hydrogens is 323 g/mol. The van der Waals surface area contributed by atoms with Crippen LogP contribution >= 0.6 is 15.9 Å². The zero-order valence-corrected chi connectivity index (χ0v) is 11.5. The fraction of sp³-hybridized carbons (Fsp3) is 0.250. The van der Waals surface area contributed by atoms with Crippen molar-refractivity contribution in [3.63, 3.8) is 0 Å². The molecule has 2 rings (SSSR count). The number of imidazole rings is 1. The van der Waals surface area contributed by atoms with Crippen molar-refractivity contribution in [2.24, 2.45) is 5.73 Å². The molecule has 7 heteroatoms. The van der Waals surface area contributed by atoms with Gasteiger partial charge in [-0.1, -0.05) is 15.9 Å². The van der Waals surface area contributed by atoms with Crippen LogP contribution in [0.3, 0.4) is 0 Å². The number of alkyl halides is 3. The SMILES string of the molecule is C[C@@H](N)c1cncn1-c1cc(Br)cc(C(F)(F)F)c1. The molecule has 1 heterocycles. The van der Waals surface area contributed by atoms with E-state index in [9.17, 15) is 13.2 Å². The second-order valence-electron chi connectivity index (χ2n) is 4.17. The second kappa shape index (κ2) is 4.97. The largest absolute Gasteiger partial charge is 0.416 e. The van der Waals surface area contributed by atoms with Crippen LogP contribution in [0.25, 0.3) is 5.69 Å². The number of hydrogen-bond acceptors (Lipinski definition) is 2. The Morgan fingerprint density at radius 3 is 2.58 bits per heavy atom. The van der Waals surface area contributed by atoms with Crippen molar-refractivity contribution in [3.8, 4) is 5.69 Å². The minimum atomic E-state index is -4.40. The first kappa shape index (κ1) is 14.1. The standard InChI is InChI=1S/C12H11BrF3N3/c1-7(17)11-5-18-6-19(11)10-3-8(12(14,15)16)2-9(13)4-10/h2-7H,17H2,1H3/t7-/m1/s1. The van der Waals surface area contributed by atoms with Gasteiger partial charge in [-0.2, -0.15) is 13.2 Å². The zero-order valence-electron chi connectivity index (χ0n) is 9.95. The van der Waals surface area contributed by atoms with Crippen LogP contribution in [0, 0.1) is 0 Å². The fourth-order valence-corrected chi connectivity index (χ4v) is 2.22. The summed E-state index contributed by atoms with van der Waals surface area (Å²) < 4.78 is 40.2. The Hall–Kier alpha value is -1.34. The molecule has 2 N–H and O–H groups in total. The highest BCUT2D eigenvalue weighted by atomic mass is 79.9. The van der Waals surface area contributed by atoms with Gasteiger partial charge < -0.3 is 10.3 Å². The number of benzene rings is 1. The van der Waals surface area contributed by atoms with Crippen LogP contribution in [-0.2, 0) is 6.18 Å². The average molecular weight is 334 g/mol. The molecule has 102 valence electrons. The molecule has 3 nitrogen and oxygen atoms in total. The molecule has 0 aliphatic carbocycles. The van der Waals surface area contributed by atoms with Gasteiger partial charge in [-0.15, -0.1) is 0 Å². The van der Waals surface area contributed by atoms with E-state index < -0.39 is 11.7 Å². The lowest BCUT2D eigenvalue weighted by atomic mass is 10.2. The normalized spacial score (nSPS) is 13.6. The Morgan fingerprint density at radius 1 is 1.32 bits per heavy atom. The molecule has 0 radical (unpaired) electrons. The third kappa shape index (κ3) is 2.98. The van der Waals surface area contributed by atoms with Crippen LogP contribution in [0.15, 0.2) is 35.2 Å². The van der Waals surface area contributed by atoms with Gasteiger partial charge in [0.25, 0.3) is 0 Å². The van der Waals surface area contributed by atoms with Crippen LogP contribution in [0.4, 0.5) is 13.2 Å². The third-order valence-corrected chi connectivity index (χ3v) is 3.08. The van der Waals surface area contributed by atoms with Gasteiger partial charge in [0.1, 0.15) is 0 Å². The summed E-state index contributed by atoms with van der Waals surface area (Å²) in [5.41, 5.74) is 6.05. The number of rotatable bonds is 2. The van der Waals surface area contributed by atoms with Crippen molar-refractivity contribution in [3.05, 3.63) is 46.5 Å². The molecule has 2 aromatic rings. The highest BCUT2D eigenvalue weighted by Gasteiger charge is 2.31. The number of nitrogens with zero attached hydrogens (tertiary/aromatic N) is 2. The lowest BCUT2D eigenvalue weighted by molar-refractivity contribution is -0.137. The van der Waals surface area contributed by atoms with Crippen LogP contribution in [0.1, 0.15) is 24.2 Å². The van der Waals surface area contributed by atoms with Gasteiger partial charge in [-0.05, 0) is 25.1 Å². The summed E-state index contributed by atoms with van der Waals surface area (Å²) >= 11 is 3.09. The summed E-state index contributed by atoms with van der Waals surface area (Å²) in [6.45, 7) is 1.75. The Morgan fingerprint density at radius 2 is 2.00 bits per heavy atom. The molecule has 1 aromatic carbocycles. The van der Waals surface area contributed by atoms with Crippen molar-refractivity contribution < 1.29 is 13.2 Å². The second-order valence-corrected chi connectivity index (χ2v) is 5.09. The number of hydrogen-bond donors (Lipinski definition) is 1. The van der Waals surface area contributed by atoms with E-state index in [2.05, 4.69) is 20.9 Å². The summed E-state index contributed by atoms with van der Waals surface area (Å²) in [4.78, 5) is 3.93. The van der Waals surface area contributed by atoms with E-state index in [0.717, 1.165) is 12.1 Å². The summed E-state index contributed by atoms with van der Waals surface area (Å²) in [6.07, 6.45) is -1.41. The molecular formula is C12H11BrF3N3. The van der Waals surface area contributed by atoms with Crippen molar-refractivity contribution in [2.45, 2.75) is 19.1 Å². The lowest BCUT2D eigenvalue weighted by Gasteiger charge is -2.14. The molecule has 0 amide bonds. The molecule has 0 unspecified atom stereocenters. The summed E-state index contributed by atoms with van der Waals surface area (Å²) in [6, 6.07) is 3.36. The predicted molar refractivity (Wildman–Crippen MR) is 68.9 cm³/mol. The number of nitrogens with two attached hydrogens (primary N) is 1. The maximum Gasteiger partial charge on any atom is 0.416 e.